The highest BCUT2D eigenvalue weighted by Gasteiger charge is 2.17. The number of nitrogens with zero attached hydrogens (tertiary/aromatic N) is 1. The quantitative estimate of drug-likeness (QED) is 0.813. The summed E-state index contributed by atoms with van der Waals surface area (Å²) in [5, 5.41) is 6.55. The SMILES string of the molecule is CNc1ccc(N(C)C2CCNCC2)cc1. The first-order valence-electron chi connectivity index (χ1n) is 6.02. The average Bonchev–Trinajstić information content (AvgIpc) is 2.39. The van der Waals surface area contributed by atoms with Gasteiger partial charge in [-0.15, -0.1) is 0 Å². The lowest BCUT2D eigenvalue weighted by molar-refractivity contribution is 0.443. The summed E-state index contributed by atoms with van der Waals surface area (Å²) in [6.07, 6.45) is 2.48. The highest BCUT2D eigenvalue weighted by Crippen LogP contribution is 2.21. The van der Waals surface area contributed by atoms with Crippen LogP contribution in [0.1, 0.15) is 12.8 Å². The number of rotatable bonds is 3. The van der Waals surface area contributed by atoms with Gasteiger partial charge in [0.05, 0.1) is 0 Å². The smallest absolute Gasteiger partial charge is 0.0367 e. The van der Waals surface area contributed by atoms with E-state index in [1.54, 1.807) is 0 Å². The van der Waals surface area contributed by atoms with Gasteiger partial charge in [0.25, 0.3) is 0 Å². The lowest BCUT2D eigenvalue weighted by Gasteiger charge is -2.33. The van der Waals surface area contributed by atoms with Gasteiger partial charge in [-0.05, 0) is 50.2 Å². The van der Waals surface area contributed by atoms with Crippen molar-refractivity contribution in [3.63, 3.8) is 0 Å². The topological polar surface area (TPSA) is 27.3 Å². The number of hydrogen-bond acceptors (Lipinski definition) is 3. The minimum atomic E-state index is 0.682. The van der Waals surface area contributed by atoms with Gasteiger partial charge < -0.3 is 15.5 Å². The molecule has 0 bridgehead atoms. The summed E-state index contributed by atoms with van der Waals surface area (Å²) in [6, 6.07) is 9.32. The Morgan fingerprint density at radius 2 is 1.81 bits per heavy atom. The fourth-order valence-corrected chi connectivity index (χ4v) is 2.27. The molecule has 1 saturated heterocycles. The van der Waals surface area contributed by atoms with Gasteiger partial charge in [-0.3, -0.25) is 0 Å². The van der Waals surface area contributed by atoms with E-state index >= 15 is 0 Å². The standard InChI is InChI=1S/C13H21N3/c1-14-11-3-5-12(6-4-11)16(2)13-7-9-15-10-8-13/h3-6,13-15H,7-10H2,1-2H3. The maximum Gasteiger partial charge on any atom is 0.0367 e. The van der Waals surface area contributed by atoms with E-state index in [1.807, 2.05) is 7.05 Å². The maximum absolute atomic E-state index is 3.40. The number of anilines is 2. The first-order valence-corrected chi connectivity index (χ1v) is 6.02. The summed E-state index contributed by atoms with van der Waals surface area (Å²) < 4.78 is 0. The second-order valence-electron chi connectivity index (χ2n) is 4.39. The molecule has 16 heavy (non-hydrogen) atoms. The van der Waals surface area contributed by atoms with Gasteiger partial charge in [-0.25, -0.2) is 0 Å². The Bertz CT molecular complexity index is 314. The van der Waals surface area contributed by atoms with Crippen LogP contribution in [-0.2, 0) is 0 Å². The zero-order chi connectivity index (χ0) is 11.4. The molecule has 0 spiro atoms. The molecule has 1 aliphatic heterocycles. The minimum Gasteiger partial charge on any atom is -0.388 e. The third-order valence-electron chi connectivity index (χ3n) is 3.42. The summed E-state index contributed by atoms with van der Waals surface area (Å²) in [5.74, 6) is 0. The molecule has 88 valence electrons. The van der Waals surface area contributed by atoms with Crippen LogP contribution >= 0.6 is 0 Å². The monoisotopic (exact) mass is 219 g/mol. The van der Waals surface area contributed by atoms with Crippen LogP contribution in [0.25, 0.3) is 0 Å². The molecule has 3 heteroatoms. The molecular formula is C13H21N3. The van der Waals surface area contributed by atoms with Gasteiger partial charge in [-0.1, -0.05) is 0 Å². The summed E-state index contributed by atoms with van der Waals surface area (Å²) in [6.45, 7) is 2.28. The van der Waals surface area contributed by atoms with Crippen molar-refractivity contribution in [1.29, 1.82) is 0 Å². The first kappa shape index (κ1) is 11.3. The minimum absolute atomic E-state index is 0.682. The van der Waals surface area contributed by atoms with Gasteiger partial charge >= 0.3 is 0 Å². The van der Waals surface area contributed by atoms with Gasteiger partial charge in [0.2, 0.25) is 0 Å². The van der Waals surface area contributed by atoms with Crippen LogP contribution in [0, 0.1) is 0 Å². The Hall–Kier alpha value is -1.22. The molecular weight excluding hydrogens is 198 g/mol. The normalized spacial score (nSPS) is 17.1. The van der Waals surface area contributed by atoms with E-state index in [9.17, 15) is 0 Å². The molecule has 0 unspecified atom stereocenters. The molecule has 1 aliphatic rings. The molecule has 3 nitrogen and oxygen atoms in total. The Labute approximate surface area is 97.8 Å². The lowest BCUT2D eigenvalue weighted by atomic mass is 10.0. The zero-order valence-electron chi connectivity index (χ0n) is 10.2. The van der Waals surface area contributed by atoms with E-state index in [4.69, 9.17) is 0 Å². The number of benzene rings is 1. The van der Waals surface area contributed by atoms with Gasteiger partial charge in [0.15, 0.2) is 0 Å². The van der Waals surface area contributed by atoms with Crippen molar-refractivity contribution in [3.8, 4) is 0 Å². The highest BCUT2D eigenvalue weighted by molar-refractivity contribution is 5.55. The van der Waals surface area contributed by atoms with E-state index in [0.717, 1.165) is 13.1 Å². The predicted octanol–water partition coefficient (Wildman–Crippen LogP) is 1.92. The van der Waals surface area contributed by atoms with Gasteiger partial charge in [0.1, 0.15) is 0 Å². The Balaban J connectivity index is 2.04. The first-order chi connectivity index (χ1) is 7.81. The van der Waals surface area contributed by atoms with Gasteiger partial charge in [0, 0.05) is 31.5 Å². The van der Waals surface area contributed by atoms with Crippen molar-refractivity contribution < 1.29 is 0 Å². The number of hydrogen-bond donors (Lipinski definition) is 2. The second kappa shape index (κ2) is 5.21. The van der Waals surface area contributed by atoms with E-state index in [1.165, 1.54) is 24.2 Å². The van der Waals surface area contributed by atoms with Crippen molar-refractivity contribution in [2.75, 3.05) is 37.4 Å². The molecule has 2 N–H and O–H groups in total. The Morgan fingerprint density at radius 1 is 1.19 bits per heavy atom. The molecule has 2 rings (SSSR count). The molecule has 0 saturated carbocycles. The summed E-state index contributed by atoms with van der Waals surface area (Å²) >= 11 is 0. The summed E-state index contributed by atoms with van der Waals surface area (Å²) in [4.78, 5) is 2.40. The Kier molecular flexibility index (Phi) is 3.67. The van der Waals surface area contributed by atoms with Crippen molar-refractivity contribution in [2.45, 2.75) is 18.9 Å². The molecule has 1 aromatic carbocycles. The summed E-state index contributed by atoms with van der Waals surface area (Å²) in [7, 11) is 4.15. The number of nitrogens with one attached hydrogen (secondary N) is 2. The molecule has 1 heterocycles. The Morgan fingerprint density at radius 3 is 2.38 bits per heavy atom. The molecule has 0 radical (unpaired) electrons. The summed E-state index contributed by atoms with van der Waals surface area (Å²) in [5.41, 5.74) is 2.48. The molecule has 0 atom stereocenters. The third kappa shape index (κ3) is 2.47. The van der Waals surface area contributed by atoms with Crippen LogP contribution in [0.2, 0.25) is 0 Å². The molecule has 1 aromatic rings. The van der Waals surface area contributed by atoms with Crippen LogP contribution in [-0.4, -0.2) is 33.2 Å². The molecule has 0 amide bonds. The van der Waals surface area contributed by atoms with E-state index in [2.05, 4.69) is 46.8 Å². The fourth-order valence-electron chi connectivity index (χ4n) is 2.27. The van der Waals surface area contributed by atoms with Crippen molar-refractivity contribution in [2.24, 2.45) is 0 Å². The maximum atomic E-state index is 3.40. The number of piperidine rings is 1. The van der Waals surface area contributed by atoms with Crippen LogP contribution in [0.15, 0.2) is 24.3 Å². The van der Waals surface area contributed by atoms with Crippen LogP contribution in [0.3, 0.4) is 0 Å². The average molecular weight is 219 g/mol. The molecule has 1 fully saturated rings. The largest absolute Gasteiger partial charge is 0.388 e. The van der Waals surface area contributed by atoms with Crippen molar-refractivity contribution in [3.05, 3.63) is 24.3 Å². The molecule has 0 aromatic heterocycles. The second-order valence-corrected chi connectivity index (χ2v) is 4.39. The van der Waals surface area contributed by atoms with Crippen LogP contribution in [0.5, 0.6) is 0 Å². The lowest BCUT2D eigenvalue weighted by Crippen LogP contribution is -2.41. The fraction of sp³-hybridized carbons (Fsp3) is 0.538. The van der Waals surface area contributed by atoms with Gasteiger partial charge in [-0.2, -0.15) is 0 Å². The van der Waals surface area contributed by atoms with E-state index < -0.39 is 0 Å². The van der Waals surface area contributed by atoms with E-state index in [-0.39, 0.29) is 0 Å². The highest BCUT2D eigenvalue weighted by atomic mass is 15.1. The van der Waals surface area contributed by atoms with Crippen molar-refractivity contribution in [1.82, 2.24) is 5.32 Å². The zero-order valence-corrected chi connectivity index (χ0v) is 10.2. The van der Waals surface area contributed by atoms with Crippen molar-refractivity contribution >= 4 is 11.4 Å². The van der Waals surface area contributed by atoms with E-state index in [0.29, 0.717) is 6.04 Å². The predicted molar refractivity (Wildman–Crippen MR) is 70.3 cm³/mol. The third-order valence-corrected chi connectivity index (χ3v) is 3.42. The van der Waals surface area contributed by atoms with Crippen LogP contribution in [0.4, 0.5) is 11.4 Å². The van der Waals surface area contributed by atoms with Crippen LogP contribution < -0.4 is 15.5 Å². The molecule has 0 aliphatic carbocycles.